The molecular formula is C23H18O4. The van der Waals surface area contributed by atoms with Crippen molar-refractivity contribution in [3.63, 3.8) is 0 Å². The predicted octanol–water partition coefficient (Wildman–Crippen LogP) is 5.14. The van der Waals surface area contributed by atoms with Crippen LogP contribution in [0.1, 0.15) is 0 Å². The fourth-order valence-electron chi connectivity index (χ4n) is 3.19. The Morgan fingerprint density at radius 3 is 2.19 bits per heavy atom. The molecule has 0 unspecified atom stereocenters. The van der Waals surface area contributed by atoms with Crippen molar-refractivity contribution in [1.82, 2.24) is 0 Å². The van der Waals surface area contributed by atoms with Crippen molar-refractivity contribution in [3.8, 4) is 33.9 Å². The van der Waals surface area contributed by atoms with Gasteiger partial charge in [0.15, 0.2) is 11.5 Å². The average Bonchev–Trinajstić information content (AvgIpc) is 2.74. The monoisotopic (exact) mass is 358 g/mol. The van der Waals surface area contributed by atoms with E-state index < -0.39 is 0 Å². The van der Waals surface area contributed by atoms with Crippen LogP contribution in [0.5, 0.6) is 11.5 Å². The van der Waals surface area contributed by atoms with Gasteiger partial charge < -0.3 is 13.9 Å². The van der Waals surface area contributed by atoms with Crippen molar-refractivity contribution >= 4 is 11.0 Å². The Bertz CT molecular complexity index is 1160. The predicted molar refractivity (Wildman–Crippen MR) is 106 cm³/mol. The van der Waals surface area contributed by atoms with Crippen LogP contribution in [-0.4, -0.2) is 14.2 Å². The molecule has 0 saturated heterocycles. The second kappa shape index (κ2) is 7.00. The van der Waals surface area contributed by atoms with Gasteiger partial charge in [-0.15, -0.1) is 0 Å². The van der Waals surface area contributed by atoms with E-state index in [1.807, 2.05) is 54.6 Å². The van der Waals surface area contributed by atoms with Gasteiger partial charge in [0.2, 0.25) is 5.43 Å². The van der Waals surface area contributed by atoms with Crippen molar-refractivity contribution in [3.05, 3.63) is 83.0 Å². The Morgan fingerprint density at radius 2 is 1.44 bits per heavy atom. The zero-order chi connectivity index (χ0) is 18.8. The summed E-state index contributed by atoms with van der Waals surface area (Å²) < 4.78 is 16.9. The lowest BCUT2D eigenvalue weighted by molar-refractivity contribution is 0.355. The summed E-state index contributed by atoms with van der Waals surface area (Å²) in [5, 5.41) is 0.543. The highest BCUT2D eigenvalue weighted by atomic mass is 16.5. The fraction of sp³-hybridized carbons (Fsp3) is 0.0870. The third-order valence-electron chi connectivity index (χ3n) is 4.51. The van der Waals surface area contributed by atoms with E-state index in [0.717, 1.165) is 5.56 Å². The van der Waals surface area contributed by atoms with Gasteiger partial charge in [-0.2, -0.15) is 0 Å². The minimum atomic E-state index is -0.0806. The molecule has 0 aliphatic rings. The molecule has 0 saturated carbocycles. The molecule has 0 radical (unpaired) electrons. The van der Waals surface area contributed by atoms with Crippen molar-refractivity contribution in [2.75, 3.05) is 14.2 Å². The molecule has 4 rings (SSSR count). The summed E-state index contributed by atoms with van der Waals surface area (Å²) in [4.78, 5) is 13.3. The molecule has 0 atom stereocenters. The zero-order valence-electron chi connectivity index (χ0n) is 15.1. The van der Waals surface area contributed by atoms with E-state index in [0.29, 0.717) is 39.4 Å². The summed E-state index contributed by atoms with van der Waals surface area (Å²) in [7, 11) is 3.15. The van der Waals surface area contributed by atoms with E-state index in [4.69, 9.17) is 13.9 Å². The number of hydrogen-bond donors (Lipinski definition) is 0. The molecule has 4 nitrogen and oxygen atoms in total. The highest BCUT2D eigenvalue weighted by Crippen LogP contribution is 2.36. The van der Waals surface area contributed by atoms with Crippen LogP contribution >= 0.6 is 0 Å². The Balaban J connectivity index is 2.07. The maximum atomic E-state index is 13.3. The Kier molecular flexibility index (Phi) is 4.38. The molecule has 1 heterocycles. The molecule has 1 aromatic heterocycles. The van der Waals surface area contributed by atoms with Crippen molar-refractivity contribution < 1.29 is 13.9 Å². The molecule has 0 bridgehead atoms. The summed E-state index contributed by atoms with van der Waals surface area (Å²) in [6.45, 7) is 0. The normalized spacial score (nSPS) is 10.7. The van der Waals surface area contributed by atoms with Crippen LogP contribution in [0, 0.1) is 0 Å². The van der Waals surface area contributed by atoms with E-state index in [1.165, 1.54) is 0 Å². The molecule has 4 aromatic rings. The summed E-state index contributed by atoms with van der Waals surface area (Å²) in [6, 6.07) is 22.3. The van der Waals surface area contributed by atoms with Gasteiger partial charge in [0, 0.05) is 5.56 Å². The highest BCUT2D eigenvalue weighted by molar-refractivity contribution is 5.89. The summed E-state index contributed by atoms with van der Waals surface area (Å²) in [5.74, 6) is 1.70. The minimum absolute atomic E-state index is 0.0806. The lowest BCUT2D eigenvalue weighted by Crippen LogP contribution is -2.07. The van der Waals surface area contributed by atoms with Crippen LogP contribution in [0.3, 0.4) is 0 Å². The smallest absolute Gasteiger partial charge is 0.201 e. The first-order chi connectivity index (χ1) is 13.2. The van der Waals surface area contributed by atoms with Crippen LogP contribution in [-0.2, 0) is 0 Å². The van der Waals surface area contributed by atoms with Crippen LogP contribution in [0.15, 0.2) is 82.0 Å². The molecule has 0 aliphatic carbocycles. The lowest BCUT2D eigenvalue weighted by atomic mass is 9.98. The van der Waals surface area contributed by atoms with Crippen LogP contribution < -0.4 is 14.9 Å². The number of hydrogen-bond acceptors (Lipinski definition) is 4. The molecule has 0 N–H and O–H groups in total. The Morgan fingerprint density at radius 1 is 0.741 bits per heavy atom. The third kappa shape index (κ3) is 2.95. The van der Waals surface area contributed by atoms with E-state index in [9.17, 15) is 4.79 Å². The third-order valence-corrected chi connectivity index (χ3v) is 4.51. The van der Waals surface area contributed by atoms with E-state index in [-0.39, 0.29) is 5.43 Å². The van der Waals surface area contributed by atoms with Gasteiger partial charge in [-0.3, -0.25) is 4.79 Å². The molecule has 0 amide bonds. The average molecular weight is 358 g/mol. The van der Waals surface area contributed by atoms with E-state index >= 15 is 0 Å². The van der Waals surface area contributed by atoms with Gasteiger partial charge in [-0.25, -0.2) is 0 Å². The van der Waals surface area contributed by atoms with E-state index in [1.54, 1.807) is 32.4 Å². The fourth-order valence-corrected chi connectivity index (χ4v) is 3.19. The lowest BCUT2D eigenvalue weighted by Gasteiger charge is -2.13. The van der Waals surface area contributed by atoms with Crippen LogP contribution in [0.25, 0.3) is 33.4 Å². The van der Waals surface area contributed by atoms with Gasteiger partial charge in [0.05, 0.1) is 25.2 Å². The van der Waals surface area contributed by atoms with Crippen molar-refractivity contribution in [2.24, 2.45) is 0 Å². The summed E-state index contributed by atoms with van der Waals surface area (Å²) >= 11 is 0. The van der Waals surface area contributed by atoms with Gasteiger partial charge >= 0.3 is 0 Å². The molecule has 4 heteroatoms. The number of para-hydroxylation sites is 1. The first-order valence-electron chi connectivity index (χ1n) is 8.56. The highest BCUT2D eigenvalue weighted by Gasteiger charge is 2.19. The molecule has 134 valence electrons. The Labute approximate surface area is 156 Å². The van der Waals surface area contributed by atoms with Crippen LogP contribution in [0.4, 0.5) is 0 Å². The minimum Gasteiger partial charge on any atom is -0.493 e. The van der Waals surface area contributed by atoms with Crippen molar-refractivity contribution in [2.45, 2.75) is 0 Å². The number of ether oxygens (including phenoxy) is 2. The summed E-state index contributed by atoms with van der Waals surface area (Å²) in [6.07, 6.45) is 0. The quantitative estimate of drug-likeness (QED) is 0.506. The second-order valence-corrected chi connectivity index (χ2v) is 6.07. The molecule has 0 spiro atoms. The van der Waals surface area contributed by atoms with Crippen LogP contribution in [0.2, 0.25) is 0 Å². The number of fused-ring (bicyclic) bond motifs is 1. The molecular weight excluding hydrogens is 340 g/mol. The first kappa shape index (κ1) is 16.9. The van der Waals surface area contributed by atoms with Crippen molar-refractivity contribution in [1.29, 1.82) is 0 Å². The first-order valence-corrected chi connectivity index (χ1v) is 8.56. The van der Waals surface area contributed by atoms with Gasteiger partial charge in [-0.1, -0.05) is 48.5 Å². The number of benzene rings is 3. The van der Waals surface area contributed by atoms with E-state index in [2.05, 4.69) is 0 Å². The summed E-state index contributed by atoms with van der Waals surface area (Å²) in [5.41, 5.74) is 2.53. The largest absolute Gasteiger partial charge is 0.493 e. The SMILES string of the molecule is COc1ccc(-c2c(-c3ccccc3)oc3ccccc3c2=O)cc1OC. The number of rotatable bonds is 4. The maximum absolute atomic E-state index is 13.3. The Hall–Kier alpha value is -3.53. The molecule has 3 aromatic carbocycles. The zero-order valence-corrected chi connectivity index (χ0v) is 15.1. The van der Waals surface area contributed by atoms with Gasteiger partial charge in [-0.05, 0) is 29.8 Å². The molecule has 27 heavy (non-hydrogen) atoms. The molecule has 0 aliphatic heterocycles. The second-order valence-electron chi connectivity index (χ2n) is 6.07. The number of methoxy groups -OCH3 is 2. The maximum Gasteiger partial charge on any atom is 0.201 e. The molecule has 0 fully saturated rings. The topological polar surface area (TPSA) is 48.7 Å². The van der Waals surface area contributed by atoms with Gasteiger partial charge in [0.25, 0.3) is 0 Å². The van der Waals surface area contributed by atoms with Gasteiger partial charge in [0.1, 0.15) is 11.3 Å². The standard InChI is InChI=1S/C23H18O4/c1-25-19-13-12-16(14-20(19)26-2)21-22(24)17-10-6-7-11-18(17)27-23(21)15-8-4-3-5-9-15/h3-14H,1-2H3.